The fraction of sp³-hybridized carbons (Fsp3) is 0.571. The third-order valence-corrected chi connectivity index (χ3v) is 3.47. The summed E-state index contributed by atoms with van der Waals surface area (Å²) in [6.07, 6.45) is -2.78. The standard InChI is InChI=1S/C14H18F3NO2/c1-13(6-8-19-9-7-13)18-10-11-2-4-12(5-3-11)20-14(15,16)17/h2-5,18H,6-10H2,1H3. The Morgan fingerprint density at radius 3 is 2.35 bits per heavy atom. The summed E-state index contributed by atoms with van der Waals surface area (Å²) in [4.78, 5) is 0. The molecule has 1 fully saturated rings. The van der Waals surface area contributed by atoms with Gasteiger partial charge in [-0.3, -0.25) is 0 Å². The normalized spacial score (nSPS) is 18.8. The first-order valence-corrected chi connectivity index (χ1v) is 6.54. The molecule has 0 atom stereocenters. The topological polar surface area (TPSA) is 30.5 Å². The Balaban J connectivity index is 1.87. The Morgan fingerprint density at radius 2 is 1.80 bits per heavy atom. The van der Waals surface area contributed by atoms with E-state index in [1.54, 1.807) is 12.1 Å². The molecule has 1 aromatic rings. The second-order valence-electron chi connectivity index (χ2n) is 5.22. The van der Waals surface area contributed by atoms with Gasteiger partial charge in [0.15, 0.2) is 0 Å². The van der Waals surface area contributed by atoms with Crippen LogP contribution in [0.1, 0.15) is 25.3 Å². The van der Waals surface area contributed by atoms with Gasteiger partial charge in [-0.2, -0.15) is 0 Å². The number of halogens is 3. The van der Waals surface area contributed by atoms with Crippen molar-refractivity contribution < 1.29 is 22.6 Å². The van der Waals surface area contributed by atoms with Crippen molar-refractivity contribution in [3.63, 3.8) is 0 Å². The zero-order valence-corrected chi connectivity index (χ0v) is 11.3. The van der Waals surface area contributed by atoms with E-state index in [0.717, 1.165) is 31.6 Å². The maximum Gasteiger partial charge on any atom is 0.573 e. The van der Waals surface area contributed by atoms with Gasteiger partial charge in [-0.25, -0.2) is 0 Å². The van der Waals surface area contributed by atoms with Crippen molar-refractivity contribution in [1.82, 2.24) is 5.32 Å². The van der Waals surface area contributed by atoms with Crippen molar-refractivity contribution >= 4 is 0 Å². The maximum absolute atomic E-state index is 12.0. The van der Waals surface area contributed by atoms with Crippen LogP contribution in [0.5, 0.6) is 5.75 Å². The van der Waals surface area contributed by atoms with Crippen LogP contribution in [0, 0.1) is 0 Å². The van der Waals surface area contributed by atoms with E-state index in [4.69, 9.17) is 4.74 Å². The number of nitrogens with one attached hydrogen (secondary N) is 1. The molecule has 0 radical (unpaired) electrons. The predicted octanol–water partition coefficient (Wildman–Crippen LogP) is 3.24. The molecule has 0 aromatic heterocycles. The van der Waals surface area contributed by atoms with Crippen LogP contribution >= 0.6 is 0 Å². The van der Waals surface area contributed by atoms with Crippen LogP contribution in [0.15, 0.2) is 24.3 Å². The van der Waals surface area contributed by atoms with Gasteiger partial charge in [-0.15, -0.1) is 13.2 Å². The summed E-state index contributed by atoms with van der Waals surface area (Å²) >= 11 is 0. The lowest BCUT2D eigenvalue weighted by molar-refractivity contribution is -0.274. The van der Waals surface area contributed by atoms with E-state index in [1.165, 1.54) is 12.1 Å². The van der Waals surface area contributed by atoms with E-state index in [1.807, 2.05) is 0 Å². The first-order chi connectivity index (χ1) is 9.36. The SMILES string of the molecule is CC1(NCc2ccc(OC(F)(F)F)cc2)CCOCC1. The van der Waals surface area contributed by atoms with Crippen molar-refractivity contribution in [2.24, 2.45) is 0 Å². The second-order valence-corrected chi connectivity index (χ2v) is 5.22. The summed E-state index contributed by atoms with van der Waals surface area (Å²) in [5, 5.41) is 3.44. The molecule has 1 aromatic carbocycles. The van der Waals surface area contributed by atoms with Gasteiger partial charge >= 0.3 is 6.36 Å². The monoisotopic (exact) mass is 289 g/mol. The Labute approximate surface area is 116 Å². The van der Waals surface area contributed by atoms with E-state index in [-0.39, 0.29) is 11.3 Å². The van der Waals surface area contributed by atoms with Crippen molar-refractivity contribution in [3.05, 3.63) is 29.8 Å². The fourth-order valence-electron chi connectivity index (χ4n) is 2.12. The smallest absolute Gasteiger partial charge is 0.406 e. The van der Waals surface area contributed by atoms with E-state index in [9.17, 15) is 13.2 Å². The number of hydrogen-bond donors (Lipinski definition) is 1. The average Bonchev–Trinajstić information content (AvgIpc) is 2.37. The van der Waals surface area contributed by atoms with Gasteiger partial charge in [0, 0.05) is 25.3 Å². The fourth-order valence-corrected chi connectivity index (χ4v) is 2.12. The Kier molecular flexibility index (Phi) is 4.55. The summed E-state index contributed by atoms with van der Waals surface area (Å²) in [5.74, 6) is -0.196. The number of alkyl halides is 3. The third-order valence-electron chi connectivity index (χ3n) is 3.47. The molecule has 3 nitrogen and oxygen atoms in total. The summed E-state index contributed by atoms with van der Waals surface area (Å²) < 4.78 is 45.3. The van der Waals surface area contributed by atoms with Crippen molar-refractivity contribution in [2.45, 2.75) is 38.2 Å². The highest BCUT2D eigenvalue weighted by Gasteiger charge is 2.31. The van der Waals surface area contributed by atoms with Crippen LogP contribution in [0.2, 0.25) is 0 Å². The lowest BCUT2D eigenvalue weighted by Gasteiger charge is -2.34. The van der Waals surface area contributed by atoms with Crippen molar-refractivity contribution in [3.8, 4) is 5.75 Å². The van der Waals surface area contributed by atoms with Gasteiger partial charge in [0.25, 0.3) is 0 Å². The first-order valence-electron chi connectivity index (χ1n) is 6.54. The van der Waals surface area contributed by atoms with Crippen molar-refractivity contribution in [2.75, 3.05) is 13.2 Å². The molecule has 1 saturated heterocycles. The van der Waals surface area contributed by atoms with Crippen LogP contribution in [-0.4, -0.2) is 25.1 Å². The Bertz CT molecular complexity index is 425. The van der Waals surface area contributed by atoms with Gasteiger partial charge in [-0.1, -0.05) is 12.1 Å². The highest BCUT2D eigenvalue weighted by atomic mass is 19.4. The number of benzene rings is 1. The minimum absolute atomic E-state index is 0.0272. The van der Waals surface area contributed by atoms with Gasteiger partial charge in [0.1, 0.15) is 5.75 Å². The summed E-state index contributed by atoms with van der Waals surface area (Å²) in [6.45, 7) is 4.23. The quantitative estimate of drug-likeness (QED) is 0.923. The molecule has 1 aliphatic rings. The second kappa shape index (κ2) is 6.01. The summed E-state index contributed by atoms with van der Waals surface area (Å²) in [7, 11) is 0. The Hall–Kier alpha value is -1.27. The number of rotatable bonds is 4. The number of hydrogen-bond acceptors (Lipinski definition) is 3. The van der Waals surface area contributed by atoms with E-state index in [2.05, 4.69) is 17.0 Å². The third kappa shape index (κ3) is 4.68. The molecule has 0 unspecified atom stereocenters. The lowest BCUT2D eigenvalue weighted by Crippen LogP contribution is -2.46. The molecule has 6 heteroatoms. The molecule has 0 aliphatic carbocycles. The van der Waals surface area contributed by atoms with Gasteiger partial charge in [-0.05, 0) is 37.5 Å². The molecular formula is C14H18F3NO2. The van der Waals surface area contributed by atoms with E-state index in [0.29, 0.717) is 6.54 Å². The molecule has 0 spiro atoms. The zero-order chi connectivity index (χ0) is 14.6. The van der Waals surface area contributed by atoms with Gasteiger partial charge < -0.3 is 14.8 Å². The van der Waals surface area contributed by atoms with Crippen molar-refractivity contribution in [1.29, 1.82) is 0 Å². The molecule has 0 bridgehead atoms. The first kappa shape index (κ1) is 15.1. The number of ether oxygens (including phenoxy) is 2. The van der Waals surface area contributed by atoms with Crippen LogP contribution in [0.25, 0.3) is 0 Å². The summed E-state index contributed by atoms with van der Waals surface area (Å²) in [5.41, 5.74) is 0.951. The van der Waals surface area contributed by atoms with Gasteiger partial charge in [0.2, 0.25) is 0 Å². The highest BCUT2D eigenvalue weighted by Crippen LogP contribution is 2.24. The molecule has 0 amide bonds. The molecule has 1 N–H and O–H groups in total. The average molecular weight is 289 g/mol. The minimum atomic E-state index is -4.64. The molecule has 0 saturated carbocycles. The van der Waals surface area contributed by atoms with E-state index >= 15 is 0 Å². The molecular weight excluding hydrogens is 271 g/mol. The lowest BCUT2D eigenvalue weighted by atomic mass is 9.92. The Morgan fingerprint density at radius 1 is 1.20 bits per heavy atom. The van der Waals surface area contributed by atoms with E-state index < -0.39 is 6.36 Å². The predicted molar refractivity (Wildman–Crippen MR) is 68.4 cm³/mol. The zero-order valence-electron chi connectivity index (χ0n) is 11.3. The van der Waals surface area contributed by atoms with Crippen LogP contribution in [-0.2, 0) is 11.3 Å². The molecule has 112 valence electrons. The van der Waals surface area contributed by atoms with Gasteiger partial charge in [0.05, 0.1) is 0 Å². The summed E-state index contributed by atoms with van der Waals surface area (Å²) in [6, 6.07) is 5.93. The highest BCUT2D eigenvalue weighted by molar-refractivity contribution is 5.27. The van der Waals surface area contributed by atoms with Crippen LogP contribution in [0.4, 0.5) is 13.2 Å². The molecule has 2 rings (SSSR count). The molecule has 20 heavy (non-hydrogen) atoms. The molecule has 1 heterocycles. The molecule has 1 aliphatic heterocycles. The maximum atomic E-state index is 12.0. The largest absolute Gasteiger partial charge is 0.573 e. The van der Waals surface area contributed by atoms with Crippen LogP contribution in [0.3, 0.4) is 0 Å². The minimum Gasteiger partial charge on any atom is -0.406 e. The van der Waals surface area contributed by atoms with Crippen LogP contribution < -0.4 is 10.1 Å².